The molecule has 1 heterocycles. The minimum Gasteiger partial charge on any atom is -0.494 e. The number of aromatic nitrogens is 1. The van der Waals surface area contributed by atoms with Crippen LogP contribution in [0.3, 0.4) is 0 Å². The van der Waals surface area contributed by atoms with Gasteiger partial charge in [-0.2, -0.15) is 0 Å². The van der Waals surface area contributed by atoms with Crippen molar-refractivity contribution in [1.29, 1.82) is 0 Å². The van der Waals surface area contributed by atoms with Crippen LogP contribution < -0.4 is 4.74 Å². The quantitative estimate of drug-likeness (QED) is 0.828. The SMILES string of the molecule is CCCOc1ccc2c(ccn2CC(Cl)C(=O)O)c1. The van der Waals surface area contributed by atoms with Gasteiger partial charge in [-0.15, -0.1) is 11.6 Å². The molecule has 19 heavy (non-hydrogen) atoms. The molecule has 1 aromatic carbocycles. The molecule has 0 radical (unpaired) electrons. The van der Waals surface area contributed by atoms with Crippen LogP contribution in [0.2, 0.25) is 0 Å². The summed E-state index contributed by atoms with van der Waals surface area (Å²) in [7, 11) is 0. The number of hydrogen-bond acceptors (Lipinski definition) is 2. The van der Waals surface area contributed by atoms with Crippen LogP contribution in [0.15, 0.2) is 30.5 Å². The third kappa shape index (κ3) is 3.20. The summed E-state index contributed by atoms with van der Waals surface area (Å²) in [6.07, 6.45) is 2.80. The molecule has 0 saturated carbocycles. The topological polar surface area (TPSA) is 51.5 Å². The maximum absolute atomic E-state index is 10.8. The highest BCUT2D eigenvalue weighted by Gasteiger charge is 2.15. The van der Waals surface area contributed by atoms with Gasteiger partial charge in [0.05, 0.1) is 6.61 Å². The zero-order valence-corrected chi connectivity index (χ0v) is 11.4. The molecule has 5 heteroatoms. The highest BCUT2D eigenvalue weighted by molar-refractivity contribution is 6.29. The molecule has 1 N–H and O–H groups in total. The fourth-order valence-corrected chi connectivity index (χ4v) is 2.05. The minimum absolute atomic E-state index is 0.246. The maximum atomic E-state index is 10.8. The van der Waals surface area contributed by atoms with Crippen LogP contribution in [0.25, 0.3) is 10.9 Å². The second-order valence-corrected chi connectivity index (χ2v) is 4.87. The molecule has 0 fully saturated rings. The van der Waals surface area contributed by atoms with Crippen molar-refractivity contribution in [3.63, 3.8) is 0 Å². The van der Waals surface area contributed by atoms with Gasteiger partial charge in [-0.25, -0.2) is 0 Å². The average Bonchev–Trinajstić information content (AvgIpc) is 2.78. The molecule has 0 aliphatic heterocycles. The number of carbonyl (C=O) groups is 1. The van der Waals surface area contributed by atoms with Gasteiger partial charge in [-0.05, 0) is 30.7 Å². The van der Waals surface area contributed by atoms with Crippen LogP contribution in [0.1, 0.15) is 13.3 Å². The molecule has 1 aromatic heterocycles. The van der Waals surface area contributed by atoms with Crippen molar-refractivity contribution in [2.45, 2.75) is 25.3 Å². The number of ether oxygens (including phenoxy) is 1. The Kier molecular flexibility index (Phi) is 4.32. The first kappa shape index (κ1) is 13.7. The Bertz CT molecular complexity index is 579. The van der Waals surface area contributed by atoms with E-state index in [2.05, 4.69) is 6.92 Å². The monoisotopic (exact) mass is 281 g/mol. The molecule has 1 atom stereocenters. The molecule has 0 saturated heterocycles. The third-order valence-corrected chi connectivity index (χ3v) is 3.16. The smallest absolute Gasteiger partial charge is 0.323 e. The molecule has 0 aliphatic rings. The number of nitrogens with zero attached hydrogens (tertiary/aromatic N) is 1. The Morgan fingerprint density at radius 1 is 1.47 bits per heavy atom. The lowest BCUT2D eigenvalue weighted by Crippen LogP contribution is -2.19. The number of carboxylic acids is 1. The summed E-state index contributed by atoms with van der Waals surface area (Å²) in [5, 5.41) is 8.92. The number of fused-ring (bicyclic) bond motifs is 1. The van der Waals surface area contributed by atoms with Crippen LogP contribution in [0.4, 0.5) is 0 Å². The number of hydrogen-bond donors (Lipinski definition) is 1. The summed E-state index contributed by atoms with van der Waals surface area (Å²) < 4.78 is 7.40. The number of aliphatic carboxylic acids is 1. The molecule has 0 aliphatic carbocycles. The summed E-state index contributed by atoms with van der Waals surface area (Å²) in [5.74, 6) is -0.181. The van der Waals surface area contributed by atoms with Gasteiger partial charge in [0.25, 0.3) is 0 Å². The first-order valence-electron chi connectivity index (χ1n) is 6.20. The minimum atomic E-state index is -1.01. The summed E-state index contributed by atoms with van der Waals surface area (Å²) in [6, 6.07) is 7.69. The normalized spacial score (nSPS) is 12.5. The van der Waals surface area contributed by atoms with Crippen molar-refractivity contribution < 1.29 is 14.6 Å². The molecule has 102 valence electrons. The van der Waals surface area contributed by atoms with Crippen LogP contribution in [0, 0.1) is 0 Å². The van der Waals surface area contributed by atoms with Crippen molar-refractivity contribution in [3.05, 3.63) is 30.5 Å². The zero-order chi connectivity index (χ0) is 13.8. The van der Waals surface area contributed by atoms with E-state index in [-0.39, 0.29) is 6.54 Å². The molecule has 0 bridgehead atoms. The van der Waals surface area contributed by atoms with Gasteiger partial charge in [0, 0.05) is 23.6 Å². The number of halogens is 1. The van der Waals surface area contributed by atoms with Gasteiger partial charge >= 0.3 is 5.97 Å². The Hall–Kier alpha value is -1.68. The Balaban J connectivity index is 2.21. The van der Waals surface area contributed by atoms with E-state index in [1.54, 1.807) is 0 Å². The van der Waals surface area contributed by atoms with Gasteiger partial charge in [0.15, 0.2) is 0 Å². The van der Waals surface area contributed by atoms with E-state index in [4.69, 9.17) is 21.4 Å². The Labute approximate surface area is 116 Å². The molecular weight excluding hydrogens is 266 g/mol. The predicted octanol–water partition coefficient (Wildman–Crippen LogP) is 3.12. The summed E-state index contributed by atoms with van der Waals surface area (Å²) in [4.78, 5) is 10.8. The van der Waals surface area contributed by atoms with Crippen molar-refractivity contribution in [2.24, 2.45) is 0 Å². The summed E-state index contributed by atoms with van der Waals surface area (Å²) in [6.45, 7) is 2.99. The molecule has 0 amide bonds. The maximum Gasteiger partial charge on any atom is 0.323 e. The van der Waals surface area contributed by atoms with E-state index >= 15 is 0 Å². The van der Waals surface area contributed by atoms with Gasteiger partial charge in [0.2, 0.25) is 0 Å². The van der Waals surface area contributed by atoms with E-state index in [1.165, 1.54) is 0 Å². The number of benzene rings is 1. The first-order valence-corrected chi connectivity index (χ1v) is 6.64. The van der Waals surface area contributed by atoms with Crippen molar-refractivity contribution in [2.75, 3.05) is 6.61 Å². The number of carboxylic acid groups (broad SMARTS) is 1. The van der Waals surface area contributed by atoms with E-state index in [0.29, 0.717) is 6.61 Å². The second kappa shape index (κ2) is 5.97. The van der Waals surface area contributed by atoms with Crippen molar-refractivity contribution >= 4 is 28.5 Å². The molecule has 4 nitrogen and oxygen atoms in total. The van der Waals surface area contributed by atoms with Crippen LogP contribution in [0.5, 0.6) is 5.75 Å². The largest absolute Gasteiger partial charge is 0.494 e. The van der Waals surface area contributed by atoms with Gasteiger partial charge in [-0.1, -0.05) is 6.92 Å². The van der Waals surface area contributed by atoms with Crippen LogP contribution in [-0.4, -0.2) is 27.6 Å². The second-order valence-electron chi connectivity index (χ2n) is 4.34. The van der Waals surface area contributed by atoms with E-state index in [1.807, 2.05) is 35.0 Å². The molecule has 1 unspecified atom stereocenters. The molecule has 2 aromatic rings. The highest BCUT2D eigenvalue weighted by atomic mass is 35.5. The van der Waals surface area contributed by atoms with Gasteiger partial charge in [-0.3, -0.25) is 4.79 Å². The van der Waals surface area contributed by atoms with E-state index in [0.717, 1.165) is 23.1 Å². The Morgan fingerprint density at radius 3 is 2.95 bits per heavy atom. The van der Waals surface area contributed by atoms with Gasteiger partial charge in [0.1, 0.15) is 11.1 Å². The number of alkyl halides is 1. The standard InChI is InChI=1S/C14H16ClNO3/c1-2-7-19-11-3-4-13-10(8-11)5-6-16(13)9-12(15)14(17)18/h3-6,8,12H,2,7,9H2,1H3,(H,17,18). The first-order chi connectivity index (χ1) is 9.11. The molecule has 0 spiro atoms. The fourth-order valence-electron chi connectivity index (χ4n) is 1.90. The predicted molar refractivity (Wildman–Crippen MR) is 75.0 cm³/mol. The molecular formula is C14H16ClNO3. The van der Waals surface area contributed by atoms with Crippen molar-refractivity contribution in [3.8, 4) is 5.75 Å². The lowest BCUT2D eigenvalue weighted by Gasteiger charge is -2.08. The fraction of sp³-hybridized carbons (Fsp3) is 0.357. The van der Waals surface area contributed by atoms with Crippen molar-refractivity contribution in [1.82, 2.24) is 4.57 Å². The van der Waals surface area contributed by atoms with Crippen LogP contribution >= 0.6 is 11.6 Å². The summed E-state index contributed by atoms with van der Waals surface area (Å²) >= 11 is 5.76. The third-order valence-electron chi connectivity index (χ3n) is 2.84. The molecule has 2 rings (SSSR count). The Morgan fingerprint density at radius 2 is 2.26 bits per heavy atom. The lowest BCUT2D eigenvalue weighted by molar-refractivity contribution is -0.136. The average molecular weight is 282 g/mol. The van der Waals surface area contributed by atoms with E-state index in [9.17, 15) is 4.79 Å². The van der Waals surface area contributed by atoms with Gasteiger partial charge < -0.3 is 14.4 Å². The van der Waals surface area contributed by atoms with Crippen LogP contribution in [-0.2, 0) is 11.3 Å². The summed E-state index contributed by atoms with van der Waals surface area (Å²) in [5.41, 5.74) is 0.954. The number of rotatable bonds is 6. The highest BCUT2D eigenvalue weighted by Crippen LogP contribution is 2.23. The zero-order valence-electron chi connectivity index (χ0n) is 10.7. The van der Waals surface area contributed by atoms with E-state index < -0.39 is 11.3 Å². The lowest BCUT2D eigenvalue weighted by atomic mass is 10.2.